The Balaban J connectivity index is 3.17. The van der Waals surface area contributed by atoms with Gasteiger partial charge in [0, 0.05) is 0 Å². The molecule has 0 amide bonds. The first kappa shape index (κ1) is 18.5. The number of ether oxygens (including phenoxy) is 1. The van der Waals surface area contributed by atoms with E-state index < -0.39 is 25.9 Å². The van der Waals surface area contributed by atoms with Gasteiger partial charge < -0.3 is 4.74 Å². The lowest BCUT2D eigenvalue weighted by atomic mass is 10.2. The summed E-state index contributed by atoms with van der Waals surface area (Å²) in [5.41, 5.74) is -0.300. The molecule has 1 aromatic rings. The van der Waals surface area contributed by atoms with E-state index in [0.29, 0.717) is 6.42 Å². The number of halogens is 3. The van der Waals surface area contributed by atoms with Crippen molar-refractivity contribution in [3.63, 3.8) is 0 Å². The molecule has 0 aliphatic heterocycles. The molecule has 0 saturated carbocycles. The van der Waals surface area contributed by atoms with Gasteiger partial charge in [0.1, 0.15) is 4.90 Å². The maximum absolute atomic E-state index is 12.0. The van der Waals surface area contributed by atoms with Gasteiger partial charge in [-0.3, -0.25) is 0 Å². The Morgan fingerprint density at radius 3 is 2.38 bits per heavy atom. The fourth-order valence-corrected chi connectivity index (χ4v) is 3.28. The van der Waals surface area contributed by atoms with Gasteiger partial charge in [-0.05, 0) is 12.5 Å². The Bertz CT molecular complexity index is 646. The lowest BCUT2D eigenvalue weighted by Gasteiger charge is -2.11. The van der Waals surface area contributed by atoms with Gasteiger partial charge in [-0.2, -0.15) is 0 Å². The van der Waals surface area contributed by atoms with Crippen LogP contribution in [0.4, 0.5) is 0 Å². The molecule has 21 heavy (non-hydrogen) atoms. The summed E-state index contributed by atoms with van der Waals surface area (Å²) in [6.07, 6.45) is 2.54. The zero-order chi connectivity index (χ0) is 16.2. The molecule has 1 aromatic carbocycles. The molecule has 0 radical (unpaired) electrons. The van der Waals surface area contributed by atoms with E-state index >= 15 is 0 Å². The van der Waals surface area contributed by atoms with Gasteiger partial charge in [0.05, 0.1) is 27.2 Å². The average molecular weight is 375 g/mol. The molecule has 0 aromatic heterocycles. The second kappa shape index (κ2) is 7.65. The number of nitrogens with two attached hydrogens (primary N) is 1. The summed E-state index contributed by atoms with van der Waals surface area (Å²) in [7, 11) is -4.14. The van der Waals surface area contributed by atoms with E-state index in [-0.39, 0.29) is 22.2 Å². The monoisotopic (exact) mass is 373 g/mol. The Hall–Kier alpha value is -0.530. The number of esters is 1. The van der Waals surface area contributed by atoms with E-state index in [0.717, 1.165) is 18.9 Å². The lowest BCUT2D eigenvalue weighted by molar-refractivity contribution is 0.0498. The third-order valence-corrected chi connectivity index (χ3v) is 4.84. The predicted molar refractivity (Wildman–Crippen MR) is 82.7 cm³/mol. The topological polar surface area (TPSA) is 86.5 Å². The number of sulfonamides is 1. The minimum absolute atomic E-state index is 0.148. The number of rotatable bonds is 6. The summed E-state index contributed by atoms with van der Waals surface area (Å²) in [5, 5.41) is 4.30. The van der Waals surface area contributed by atoms with Gasteiger partial charge in [0.15, 0.2) is 0 Å². The van der Waals surface area contributed by atoms with Gasteiger partial charge in [0.25, 0.3) is 0 Å². The van der Waals surface area contributed by atoms with E-state index in [1.54, 1.807) is 0 Å². The normalized spacial score (nSPS) is 11.5. The number of benzene rings is 1. The van der Waals surface area contributed by atoms with Crippen molar-refractivity contribution in [2.75, 3.05) is 6.61 Å². The number of hydrogen-bond acceptors (Lipinski definition) is 4. The van der Waals surface area contributed by atoms with Crippen molar-refractivity contribution in [2.45, 2.75) is 31.1 Å². The van der Waals surface area contributed by atoms with Gasteiger partial charge in [-0.25, -0.2) is 18.4 Å². The van der Waals surface area contributed by atoms with E-state index in [1.807, 2.05) is 6.92 Å². The summed E-state index contributed by atoms with van der Waals surface area (Å²) < 4.78 is 27.9. The van der Waals surface area contributed by atoms with E-state index in [9.17, 15) is 13.2 Å². The summed E-state index contributed by atoms with van der Waals surface area (Å²) >= 11 is 17.6. The standard InChI is InChI=1S/C12H14Cl3NO4S/c1-2-3-4-5-20-12(17)9-10(14)7(13)6-8(11(9)15)21(16,18)19/h6H,2-5H2,1H3,(H2,16,18,19). The Labute approximate surface area is 138 Å². The van der Waals surface area contributed by atoms with Gasteiger partial charge >= 0.3 is 5.97 Å². The van der Waals surface area contributed by atoms with Crippen molar-refractivity contribution >= 4 is 50.8 Å². The predicted octanol–water partition coefficient (Wildman–Crippen LogP) is 3.64. The highest BCUT2D eigenvalue weighted by molar-refractivity contribution is 7.89. The first-order valence-electron chi connectivity index (χ1n) is 6.07. The highest BCUT2D eigenvalue weighted by Gasteiger charge is 2.26. The van der Waals surface area contributed by atoms with Crippen LogP contribution in [0, 0.1) is 0 Å². The van der Waals surface area contributed by atoms with Crippen LogP contribution in [0.3, 0.4) is 0 Å². The third-order valence-electron chi connectivity index (χ3n) is 2.61. The molecule has 0 aliphatic rings. The third kappa shape index (κ3) is 4.72. The van der Waals surface area contributed by atoms with Crippen molar-refractivity contribution in [3.05, 3.63) is 26.7 Å². The quantitative estimate of drug-likeness (QED) is 0.468. The molecule has 0 unspecified atom stereocenters. The molecule has 0 fully saturated rings. The van der Waals surface area contributed by atoms with Crippen LogP contribution >= 0.6 is 34.8 Å². The molecular weight excluding hydrogens is 361 g/mol. The molecule has 0 atom stereocenters. The fraction of sp³-hybridized carbons (Fsp3) is 0.417. The minimum Gasteiger partial charge on any atom is -0.462 e. The highest BCUT2D eigenvalue weighted by atomic mass is 35.5. The molecule has 9 heteroatoms. The van der Waals surface area contributed by atoms with Crippen LogP contribution in [0.5, 0.6) is 0 Å². The molecule has 0 bridgehead atoms. The van der Waals surface area contributed by atoms with Crippen LogP contribution < -0.4 is 5.14 Å². The second-order valence-corrected chi connectivity index (χ2v) is 6.94. The molecule has 0 spiro atoms. The number of hydrogen-bond donors (Lipinski definition) is 1. The van der Waals surface area contributed by atoms with Crippen molar-refractivity contribution in [1.82, 2.24) is 0 Å². The lowest BCUT2D eigenvalue weighted by Crippen LogP contribution is -2.16. The van der Waals surface area contributed by atoms with Crippen molar-refractivity contribution < 1.29 is 17.9 Å². The molecule has 0 saturated heterocycles. The SMILES string of the molecule is CCCCCOC(=O)c1c(Cl)c(Cl)cc(S(N)(=O)=O)c1Cl. The largest absolute Gasteiger partial charge is 0.462 e. The van der Waals surface area contributed by atoms with Crippen LogP contribution in [0.1, 0.15) is 36.5 Å². The Morgan fingerprint density at radius 1 is 1.24 bits per heavy atom. The average Bonchev–Trinajstić information content (AvgIpc) is 2.38. The van der Waals surface area contributed by atoms with Crippen molar-refractivity contribution in [2.24, 2.45) is 5.14 Å². The molecule has 2 N–H and O–H groups in total. The molecular formula is C12H14Cl3NO4S. The Kier molecular flexibility index (Phi) is 6.74. The van der Waals surface area contributed by atoms with Gasteiger partial charge in [-0.15, -0.1) is 0 Å². The molecule has 5 nitrogen and oxygen atoms in total. The molecule has 0 heterocycles. The highest BCUT2D eigenvalue weighted by Crippen LogP contribution is 2.36. The maximum atomic E-state index is 12.0. The number of carbonyl (C=O) groups is 1. The van der Waals surface area contributed by atoms with Crippen LogP contribution in [0.2, 0.25) is 15.1 Å². The smallest absolute Gasteiger partial charge is 0.341 e. The van der Waals surface area contributed by atoms with Gasteiger partial charge in [0.2, 0.25) is 10.0 Å². The van der Waals surface area contributed by atoms with Crippen molar-refractivity contribution in [3.8, 4) is 0 Å². The summed E-state index contributed by atoms with van der Waals surface area (Å²) in [6, 6.07) is 0.995. The number of primary sulfonamides is 1. The van der Waals surface area contributed by atoms with E-state index in [4.69, 9.17) is 44.7 Å². The summed E-state index contributed by atoms with van der Waals surface area (Å²) in [4.78, 5) is 11.5. The molecule has 118 valence electrons. The van der Waals surface area contributed by atoms with Crippen LogP contribution in [-0.2, 0) is 14.8 Å². The first-order chi connectivity index (χ1) is 9.70. The van der Waals surface area contributed by atoms with Crippen LogP contribution in [-0.4, -0.2) is 21.0 Å². The maximum Gasteiger partial charge on any atom is 0.341 e. The first-order valence-corrected chi connectivity index (χ1v) is 8.75. The van der Waals surface area contributed by atoms with Crippen LogP contribution in [0.25, 0.3) is 0 Å². The zero-order valence-electron chi connectivity index (χ0n) is 11.2. The number of carbonyl (C=O) groups excluding carboxylic acids is 1. The Morgan fingerprint density at radius 2 is 1.86 bits per heavy atom. The summed E-state index contributed by atoms with van der Waals surface area (Å²) in [6.45, 7) is 2.18. The summed E-state index contributed by atoms with van der Waals surface area (Å²) in [5.74, 6) is -0.839. The van der Waals surface area contributed by atoms with E-state index in [1.165, 1.54) is 0 Å². The van der Waals surface area contributed by atoms with E-state index in [2.05, 4.69) is 0 Å². The fourth-order valence-electron chi connectivity index (χ4n) is 1.56. The molecule has 1 rings (SSSR count). The van der Waals surface area contributed by atoms with Crippen molar-refractivity contribution in [1.29, 1.82) is 0 Å². The number of unbranched alkanes of at least 4 members (excludes halogenated alkanes) is 2. The minimum atomic E-state index is -4.14. The second-order valence-electron chi connectivity index (χ2n) is 4.25. The van der Waals surface area contributed by atoms with Gasteiger partial charge in [-0.1, -0.05) is 54.6 Å². The molecule has 0 aliphatic carbocycles. The zero-order valence-corrected chi connectivity index (χ0v) is 14.2. The van der Waals surface area contributed by atoms with Crippen LogP contribution in [0.15, 0.2) is 11.0 Å².